The molecule has 0 N–H and O–H groups in total. The highest BCUT2D eigenvalue weighted by Gasteiger charge is 2.30. The summed E-state index contributed by atoms with van der Waals surface area (Å²) in [6.07, 6.45) is -3.19. The zero-order valence-corrected chi connectivity index (χ0v) is 12.8. The fourth-order valence-electron chi connectivity index (χ4n) is 1.72. The van der Waals surface area contributed by atoms with Crippen LogP contribution in [0.4, 0.5) is 18.9 Å². The number of aromatic nitrogens is 2. The quantitative estimate of drug-likeness (QED) is 0.604. The summed E-state index contributed by atoms with van der Waals surface area (Å²) in [6, 6.07) is 6.34. The van der Waals surface area contributed by atoms with Crippen LogP contribution in [-0.4, -0.2) is 16.4 Å². The smallest absolute Gasteiger partial charge is 0.333 e. The van der Waals surface area contributed by atoms with Crippen LogP contribution in [-0.2, 0) is 6.18 Å². The summed E-state index contributed by atoms with van der Waals surface area (Å²) in [4.78, 5) is 8.63. The fourth-order valence-corrected chi connectivity index (χ4v) is 2.78. The first-order valence-electron chi connectivity index (χ1n) is 6.22. The molecule has 2 heterocycles. The summed E-state index contributed by atoms with van der Waals surface area (Å²) < 4.78 is 42.9. The predicted molar refractivity (Wildman–Crippen MR) is 81.3 cm³/mol. The maximum absolute atomic E-state index is 12.6. The molecule has 0 spiro atoms. The molecule has 118 valence electrons. The lowest BCUT2D eigenvalue weighted by Gasteiger charge is -2.06. The van der Waals surface area contributed by atoms with Gasteiger partial charge in [0.05, 0.1) is 22.5 Å². The third-order valence-electron chi connectivity index (χ3n) is 2.76. The zero-order chi connectivity index (χ0) is 16.4. The molecule has 2 aromatic heterocycles. The molecule has 4 nitrogen and oxygen atoms in total. The third kappa shape index (κ3) is 3.59. The van der Waals surface area contributed by atoms with Crippen molar-refractivity contribution >= 4 is 34.8 Å². The molecule has 23 heavy (non-hydrogen) atoms. The van der Waals surface area contributed by atoms with Crippen molar-refractivity contribution in [2.45, 2.75) is 6.18 Å². The molecule has 9 heteroatoms. The van der Waals surface area contributed by atoms with E-state index in [1.165, 1.54) is 29.7 Å². The summed E-state index contributed by atoms with van der Waals surface area (Å²) in [6.45, 7) is 0. The van der Waals surface area contributed by atoms with Gasteiger partial charge in [0.15, 0.2) is 0 Å². The minimum Gasteiger partial charge on any atom is -0.333 e. The molecule has 3 aromatic rings. The summed E-state index contributed by atoms with van der Waals surface area (Å²) in [5.41, 5.74) is -0.633. The van der Waals surface area contributed by atoms with Crippen LogP contribution in [0.25, 0.3) is 10.8 Å². The predicted octanol–water partition coefficient (Wildman–Crippen LogP) is 5.22. The molecule has 0 aliphatic heterocycles. The number of benzene rings is 1. The van der Waals surface area contributed by atoms with Crippen LogP contribution >= 0.6 is 22.9 Å². The van der Waals surface area contributed by atoms with Crippen LogP contribution < -0.4 is 0 Å². The van der Waals surface area contributed by atoms with Gasteiger partial charge in [-0.25, -0.2) is 0 Å². The number of rotatable bonds is 3. The lowest BCUT2D eigenvalue weighted by molar-refractivity contribution is -0.137. The van der Waals surface area contributed by atoms with Crippen LogP contribution in [0.3, 0.4) is 0 Å². The topological polar surface area (TPSA) is 51.3 Å². The third-order valence-corrected chi connectivity index (χ3v) is 4.09. The van der Waals surface area contributed by atoms with E-state index in [9.17, 15) is 13.2 Å². The standard InChI is InChI=1S/C14H7ClF3N3OS/c15-10-4-5-23-12(10)13-20-11(21-22-13)7-19-9-3-1-2-8(6-9)14(16,17)18/h1-7H. The Morgan fingerprint density at radius 3 is 2.78 bits per heavy atom. The van der Waals surface area contributed by atoms with Crippen molar-refractivity contribution in [1.82, 2.24) is 10.1 Å². The molecule has 3 rings (SSSR count). The summed E-state index contributed by atoms with van der Waals surface area (Å²) in [5, 5.41) is 5.95. The number of aliphatic imine (C=N–C) groups is 1. The molecule has 0 fully saturated rings. The Hall–Kier alpha value is -2.19. The first-order chi connectivity index (χ1) is 10.9. The van der Waals surface area contributed by atoms with E-state index in [1.807, 2.05) is 0 Å². The minimum atomic E-state index is -4.42. The second-order valence-electron chi connectivity index (χ2n) is 4.36. The van der Waals surface area contributed by atoms with Crippen LogP contribution in [0.2, 0.25) is 5.02 Å². The molecule has 0 saturated carbocycles. The normalized spacial score (nSPS) is 12.2. The van der Waals surface area contributed by atoms with Gasteiger partial charge in [-0.05, 0) is 29.6 Å². The van der Waals surface area contributed by atoms with Crippen molar-refractivity contribution in [3.05, 3.63) is 52.1 Å². The lowest BCUT2D eigenvalue weighted by Crippen LogP contribution is -2.03. The van der Waals surface area contributed by atoms with Crippen molar-refractivity contribution in [3.63, 3.8) is 0 Å². The van der Waals surface area contributed by atoms with E-state index in [0.29, 0.717) is 9.90 Å². The van der Waals surface area contributed by atoms with E-state index in [-0.39, 0.29) is 17.4 Å². The number of alkyl halides is 3. The maximum atomic E-state index is 12.6. The van der Waals surface area contributed by atoms with Crippen molar-refractivity contribution in [2.75, 3.05) is 0 Å². The van der Waals surface area contributed by atoms with Gasteiger partial charge in [-0.2, -0.15) is 18.2 Å². The largest absolute Gasteiger partial charge is 0.416 e. The lowest BCUT2D eigenvalue weighted by atomic mass is 10.2. The highest BCUT2D eigenvalue weighted by atomic mass is 35.5. The number of hydrogen-bond acceptors (Lipinski definition) is 5. The molecule has 0 atom stereocenters. The number of halogens is 4. The molecule has 0 bridgehead atoms. The van der Waals surface area contributed by atoms with Gasteiger partial charge in [-0.3, -0.25) is 4.99 Å². The molecule has 0 amide bonds. The minimum absolute atomic E-state index is 0.139. The van der Waals surface area contributed by atoms with Gasteiger partial charge in [0.1, 0.15) is 4.88 Å². The Balaban J connectivity index is 1.81. The molecular weight excluding hydrogens is 351 g/mol. The Morgan fingerprint density at radius 2 is 2.09 bits per heavy atom. The number of hydrogen-bond donors (Lipinski definition) is 0. The molecule has 0 saturated heterocycles. The Labute approximate surface area is 137 Å². The van der Waals surface area contributed by atoms with Crippen LogP contribution in [0.1, 0.15) is 11.4 Å². The second kappa shape index (κ2) is 6.13. The van der Waals surface area contributed by atoms with Crippen LogP contribution in [0, 0.1) is 0 Å². The van der Waals surface area contributed by atoms with Crippen LogP contribution in [0.15, 0.2) is 45.2 Å². The Bertz CT molecular complexity index is 857. The first-order valence-corrected chi connectivity index (χ1v) is 7.47. The molecule has 0 aliphatic carbocycles. The van der Waals surface area contributed by atoms with E-state index in [2.05, 4.69) is 15.1 Å². The van der Waals surface area contributed by atoms with E-state index in [4.69, 9.17) is 16.1 Å². The molecule has 1 aromatic carbocycles. The van der Waals surface area contributed by atoms with Gasteiger partial charge < -0.3 is 4.52 Å². The highest BCUT2D eigenvalue weighted by molar-refractivity contribution is 7.14. The maximum Gasteiger partial charge on any atom is 0.416 e. The van der Waals surface area contributed by atoms with Gasteiger partial charge in [0.25, 0.3) is 5.89 Å². The van der Waals surface area contributed by atoms with Crippen molar-refractivity contribution in [3.8, 4) is 10.8 Å². The average Bonchev–Trinajstić information content (AvgIpc) is 3.13. The van der Waals surface area contributed by atoms with Crippen molar-refractivity contribution < 1.29 is 17.7 Å². The SMILES string of the molecule is FC(F)(F)c1cccc(N=Cc2noc(-c3sccc3Cl)n2)c1. The Morgan fingerprint density at radius 1 is 1.26 bits per heavy atom. The van der Waals surface area contributed by atoms with Gasteiger partial charge in [0, 0.05) is 0 Å². The number of nitrogens with zero attached hydrogens (tertiary/aromatic N) is 3. The Kier molecular flexibility index (Phi) is 4.18. The van der Waals surface area contributed by atoms with E-state index >= 15 is 0 Å². The molecule has 0 radical (unpaired) electrons. The summed E-state index contributed by atoms with van der Waals surface area (Å²) in [7, 11) is 0. The highest BCUT2D eigenvalue weighted by Crippen LogP contribution is 2.32. The van der Waals surface area contributed by atoms with Gasteiger partial charge in [0.2, 0.25) is 5.82 Å². The number of thiophene rings is 1. The first kappa shape index (κ1) is 15.7. The van der Waals surface area contributed by atoms with Gasteiger partial charge >= 0.3 is 6.18 Å². The summed E-state index contributed by atoms with van der Waals surface area (Å²) in [5.74, 6) is 0.373. The van der Waals surface area contributed by atoms with E-state index in [0.717, 1.165) is 12.1 Å². The molecular formula is C14H7ClF3N3OS. The molecule has 0 aliphatic rings. The van der Waals surface area contributed by atoms with E-state index in [1.54, 1.807) is 11.4 Å². The average molecular weight is 358 g/mol. The fraction of sp³-hybridized carbons (Fsp3) is 0.0714. The summed E-state index contributed by atoms with van der Waals surface area (Å²) >= 11 is 7.30. The molecule has 0 unspecified atom stereocenters. The van der Waals surface area contributed by atoms with Crippen molar-refractivity contribution in [2.24, 2.45) is 4.99 Å². The monoisotopic (exact) mass is 357 g/mol. The van der Waals surface area contributed by atoms with Gasteiger partial charge in [-0.15, -0.1) is 11.3 Å². The van der Waals surface area contributed by atoms with E-state index < -0.39 is 11.7 Å². The second-order valence-corrected chi connectivity index (χ2v) is 5.68. The van der Waals surface area contributed by atoms with Gasteiger partial charge in [-0.1, -0.05) is 22.8 Å². The van der Waals surface area contributed by atoms with Crippen LogP contribution in [0.5, 0.6) is 0 Å². The zero-order valence-electron chi connectivity index (χ0n) is 11.2. The van der Waals surface area contributed by atoms with Crippen molar-refractivity contribution in [1.29, 1.82) is 0 Å².